The monoisotopic (exact) mass is 359 g/mol. The van der Waals surface area contributed by atoms with E-state index in [1.807, 2.05) is 0 Å². The van der Waals surface area contributed by atoms with Crippen molar-refractivity contribution in [3.63, 3.8) is 0 Å². The Bertz CT molecular complexity index is 645. The molecular formula is C22H33NO3. The molecular weight excluding hydrogens is 326 g/mol. The Balaban J connectivity index is 1.57. The standard InChI is InChI=1S/C22H33NO3/c1-13-7-6-9-18(23-13)17-11-14-16-8-4-5-10-22(16)12-15(20(24)25-3)19(14)21(17,2)26-22/h12-14,16-19,23H,4-11H2,1-3H3/t13-,14-,16-,17+,18-,19-,21-,22-/m0/s1. The molecule has 3 heterocycles. The van der Waals surface area contributed by atoms with E-state index in [9.17, 15) is 4.79 Å². The zero-order valence-corrected chi connectivity index (χ0v) is 16.4. The third kappa shape index (κ3) is 2.18. The zero-order chi connectivity index (χ0) is 18.1. The van der Waals surface area contributed by atoms with Gasteiger partial charge in [0, 0.05) is 29.5 Å². The Kier molecular flexibility index (Phi) is 3.85. The molecule has 2 saturated carbocycles. The van der Waals surface area contributed by atoms with Crippen LogP contribution in [0.1, 0.15) is 65.2 Å². The van der Waals surface area contributed by atoms with Crippen molar-refractivity contribution in [2.45, 2.75) is 88.5 Å². The van der Waals surface area contributed by atoms with Gasteiger partial charge in [0.05, 0.1) is 18.3 Å². The maximum Gasteiger partial charge on any atom is 0.333 e. The van der Waals surface area contributed by atoms with E-state index in [4.69, 9.17) is 9.47 Å². The van der Waals surface area contributed by atoms with Gasteiger partial charge in [-0.25, -0.2) is 4.79 Å². The Morgan fingerprint density at radius 3 is 2.85 bits per heavy atom. The van der Waals surface area contributed by atoms with Crippen LogP contribution in [-0.4, -0.2) is 36.4 Å². The predicted octanol–water partition coefficient (Wildman–Crippen LogP) is 3.60. The number of ether oxygens (including phenoxy) is 2. The highest BCUT2D eigenvalue weighted by Crippen LogP contribution is 2.68. The average molecular weight is 360 g/mol. The molecule has 4 bridgehead atoms. The van der Waals surface area contributed by atoms with Crippen LogP contribution >= 0.6 is 0 Å². The fourth-order valence-corrected chi connectivity index (χ4v) is 7.62. The number of piperidine rings is 1. The topological polar surface area (TPSA) is 47.6 Å². The summed E-state index contributed by atoms with van der Waals surface area (Å²) in [6.45, 7) is 4.62. The SMILES string of the molecule is COC(=O)C1=C[C@@]23CCCC[C@H]2[C@@H]2C[C@H]([C@@H]4CCC[C@H](C)N4)[C@](C)(O3)[C@H]12. The van der Waals surface area contributed by atoms with E-state index in [1.165, 1.54) is 52.1 Å². The Morgan fingerprint density at radius 2 is 2.08 bits per heavy atom. The van der Waals surface area contributed by atoms with Crippen molar-refractivity contribution in [2.75, 3.05) is 7.11 Å². The van der Waals surface area contributed by atoms with Gasteiger partial charge in [0.1, 0.15) is 0 Å². The molecule has 8 atom stereocenters. The van der Waals surface area contributed by atoms with E-state index in [0.29, 0.717) is 29.8 Å². The van der Waals surface area contributed by atoms with E-state index < -0.39 is 0 Å². The molecule has 4 nitrogen and oxygen atoms in total. The Labute approximate surface area is 157 Å². The summed E-state index contributed by atoms with van der Waals surface area (Å²) in [5, 5.41) is 3.88. The van der Waals surface area contributed by atoms with E-state index in [0.717, 1.165) is 12.0 Å². The summed E-state index contributed by atoms with van der Waals surface area (Å²) in [5.41, 5.74) is 0.479. The second kappa shape index (κ2) is 5.81. The molecule has 6 aliphatic rings. The maximum absolute atomic E-state index is 12.7. The van der Waals surface area contributed by atoms with Gasteiger partial charge < -0.3 is 14.8 Å². The van der Waals surface area contributed by atoms with E-state index in [-0.39, 0.29) is 23.1 Å². The molecule has 0 aromatic carbocycles. The lowest BCUT2D eigenvalue weighted by Gasteiger charge is -2.60. The van der Waals surface area contributed by atoms with Crippen molar-refractivity contribution in [2.24, 2.45) is 23.7 Å². The predicted molar refractivity (Wildman–Crippen MR) is 99.6 cm³/mol. The minimum Gasteiger partial charge on any atom is -0.466 e. The second-order valence-corrected chi connectivity index (χ2v) is 9.77. The Morgan fingerprint density at radius 1 is 1.23 bits per heavy atom. The molecule has 0 amide bonds. The van der Waals surface area contributed by atoms with Crippen molar-refractivity contribution in [1.82, 2.24) is 5.32 Å². The number of rotatable bonds is 2. The molecule has 1 N–H and O–H groups in total. The molecule has 0 aromatic heterocycles. The van der Waals surface area contributed by atoms with Crippen LogP contribution in [0.15, 0.2) is 11.6 Å². The second-order valence-electron chi connectivity index (χ2n) is 9.77. The van der Waals surface area contributed by atoms with Gasteiger partial charge in [0.25, 0.3) is 0 Å². The molecule has 0 unspecified atom stereocenters. The van der Waals surface area contributed by atoms with Gasteiger partial charge in [-0.1, -0.05) is 19.3 Å². The number of nitrogens with one attached hydrogen (secondary N) is 1. The fourth-order valence-electron chi connectivity index (χ4n) is 7.62. The van der Waals surface area contributed by atoms with Gasteiger partial charge in [-0.2, -0.15) is 0 Å². The fraction of sp³-hybridized carbons (Fsp3) is 0.864. The summed E-state index contributed by atoms with van der Waals surface area (Å²) in [6.07, 6.45) is 12.0. The molecule has 3 aliphatic heterocycles. The van der Waals surface area contributed by atoms with Gasteiger partial charge in [-0.15, -0.1) is 0 Å². The van der Waals surface area contributed by atoms with E-state index >= 15 is 0 Å². The summed E-state index contributed by atoms with van der Waals surface area (Å²) in [4.78, 5) is 12.7. The summed E-state index contributed by atoms with van der Waals surface area (Å²) in [7, 11) is 1.52. The first-order valence-corrected chi connectivity index (χ1v) is 10.8. The van der Waals surface area contributed by atoms with Crippen molar-refractivity contribution < 1.29 is 14.3 Å². The van der Waals surface area contributed by atoms with Crippen LogP contribution in [0.25, 0.3) is 0 Å². The first-order valence-electron chi connectivity index (χ1n) is 10.8. The normalized spacial score (nSPS) is 52.3. The van der Waals surface area contributed by atoms with Gasteiger partial charge >= 0.3 is 5.97 Å². The first-order chi connectivity index (χ1) is 12.5. The van der Waals surface area contributed by atoms with Gasteiger partial charge in [0.15, 0.2) is 0 Å². The lowest BCUT2D eigenvalue weighted by atomic mass is 9.56. The third-order valence-electron chi connectivity index (χ3n) is 8.49. The van der Waals surface area contributed by atoms with Gasteiger partial charge in [0.2, 0.25) is 0 Å². The molecule has 2 saturated heterocycles. The van der Waals surface area contributed by atoms with Crippen molar-refractivity contribution in [3.8, 4) is 0 Å². The number of esters is 1. The molecule has 1 spiro atoms. The third-order valence-corrected chi connectivity index (χ3v) is 8.49. The summed E-state index contributed by atoms with van der Waals surface area (Å²) in [5.74, 6) is 1.76. The lowest BCUT2D eigenvalue weighted by Crippen LogP contribution is -2.65. The number of hydrogen-bond donors (Lipinski definition) is 1. The molecule has 3 aliphatic carbocycles. The summed E-state index contributed by atoms with van der Waals surface area (Å²) in [6, 6.07) is 1.11. The highest BCUT2D eigenvalue weighted by Gasteiger charge is 2.70. The number of carbonyl (C=O) groups excluding carboxylic acids is 1. The van der Waals surface area contributed by atoms with E-state index in [1.54, 1.807) is 0 Å². The van der Waals surface area contributed by atoms with Crippen LogP contribution in [0, 0.1) is 23.7 Å². The highest BCUT2D eigenvalue weighted by atomic mass is 16.5. The van der Waals surface area contributed by atoms with Gasteiger partial charge in [-0.05, 0) is 63.9 Å². The van der Waals surface area contributed by atoms with Gasteiger partial charge in [-0.3, -0.25) is 0 Å². The quantitative estimate of drug-likeness (QED) is 0.765. The molecule has 4 fully saturated rings. The molecule has 4 heteroatoms. The highest BCUT2D eigenvalue weighted by molar-refractivity contribution is 5.90. The minimum absolute atomic E-state index is 0.122. The van der Waals surface area contributed by atoms with Crippen molar-refractivity contribution in [1.29, 1.82) is 0 Å². The molecule has 0 aromatic rings. The Hall–Kier alpha value is -0.870. The van der Waals surface area contributed by atoms with Crippen LogP contribution in [0.2, 0.25) is 0 Å². The molecule has 26 heavy (non-hydrogen) atoms. The number of hydrogen-bond acceptors (Lipinski definition) is 4. The molecule has 0 radical (unpaired) electrons. The van der Waals surface area contributed by atoms with Crippen LogP contribution in [0.4, 0.5) is 0 Å². The lowest BCUT2D eigenvalue weighted by molar-refractivity contribution is -0.242. The van der Waals surface area contributed by atoms with Crippen LogP contribution in [-0.2, 0) is 14.3 Å². The smallest absolute Gasteiger partial charge is 0.333 e. The van der Waals surface area contributed by atoms with Crippen molar-refractivity contribution in [3.05, 3.63) is 11.6 Å². The summed E-state index contributed by atoms with van der Waals surface area (Å²) < 4.78 is 12.3. The van der Waals surface area contributed by atoms with Crippen LogP contribution in [0.3, 0.4) is 0 Å². The largest absolute Gasteiger partial charge is 0.466 e. The van der Waals surface area contributed by atoms with E-state index in [2.05, 4.69) is 25.2 Å². The van der Waals surface area contributed by atoms with Crippen LogP contribution < -0.4 is 5.32 Å². The van der Waals surface area contributed by atoms with Crippen LogP contribution in [0.5, 0.6) is 0 Å². The summed E-state index contributed by atoms with van der Waals surface area (Å²) >= 11 is 0. The maximum atomic E-state index is 12.7. The van der Waals surface area contributed by atoms with Crippen molar-refractivity contribution >= 4 is 5.97 Å². The number of carbonyl (C=O) groups is 1. The first kappa shape index (κ1) is 17.2. The molecule has 6 rings (SSSR count). The minimum atomic E-state index is -0.231. The average Bonchev–Trinajstić information content (AvgIpc) is 2.89. The zero-order valence-electron chi connectivity index (χ0n) is 16.4. The molecule has 144 valence electrons. The number of methoxy groups -OCH3 is 1.